The number of allylic oxidation sites excluding steroid dienone is 8. The maximum atomic E-state index is 4.13. The van der Waals surface area contributed by atoms with E-state index in [1.54, 1.807) is 0 Å². The van der Waals surface area contributed by atoms with Crippen LogP contribution in [0.1, 0.15) is 25.7 Å². The van der Waals surface area contributed by atoms with Crippen molar-refractivity contribution in [3.8, 4) is 0 Å². The second-order valence-corrected chi connectivity index (χ2v) is 7.89. The lowest BCUT2D eigenvalue weighted by molar-refractivity contribution is 0.387. The molecule has 0 heterocycles. The molecule has 0 saturated heterocycles. The highest BCUT2D eigenvalue weighted by Gasteiger charge is 2.42. The van der Waals surface area contributed by atoms with Gasteiger partial charge in [-0.2, -0.15) is 0 Å². The van der Waals surface area contributed by atoms with E-state index in [2.05, 4.69) is 74.9 Å². The van der Waals surface area contributed by atoms with E-state index in [4.69, 9.17) is 0 Å². The first-order valence-electron chi connectivity index (χ1n) is 9.57. The molecule has 3 aliphatic carbocycles. The first kappa shape index (κ1) is 17.3. The lowest BCUT2D eigenvalue weighted by atomic mass is 9.84. The van der Waals surface area contributed by atoms with E-state index in [0.29, 0.717) is 35.5 Å². The van der Waals surface area contributed by atoms with E-state index in [1.807, 2.05) is 0 Å². The average Bonchev–Trinajstić information content (AvgIpc) is 3.27. The van der Waals surface area contributed by atoms with Crippen molar-refractivity contribution in [2.45, 2.75) is 25.7 Å². The highest BCUT2D eigenvalue weighted by molar-refractivity contribution is 5.18. The molecule has 0 bridgehead atoms. The lowest BCUT2D eigenvalue weighted by Crippen LogP contribution is -2.14. The third-order valence-electron chi connectivity index (χ3n) is 6.85. The third kappa shape index (κ3) is 3.04. The summed E-state index contributed by atoms with van der Waals surface area (Å²) >= 11 is 0. The fraction of sp³-hybridized carbons (Fsp3) is 0.500. The molecular weight excluding hydrogens is 288 g/mol. The summed E-state index contributed by atoms with van der Waals surface area (Å²) in [4.78, 5) is 0. The van der Waals surface area contributed by atoms with Gasteiger partial charge < -0.3 is 0 Å². The second kappa shape index (κ2) is 7.55. The predicted octanol–water partition coefficient (Wildman–Crippen LogP) is 6.37. The normalized spacial score (nSPS) is 43.8. The zero-order valence-electron chi connectivity index (χ0n) is 14.9. The highest BCUT2D eigenvalue weighted by Crippen LogP contribution is 2.50. The van der Waals surface area contributed by atoms with Crippen LogP contribution in [0.5, 0.6) is 0 Å². The lowest BCUT2D eigenvalue weighted by Gasteiger charge is -2.21. The van der Waals surface area contributed by atoms with Gasteiger partial charge in [0.15, 0.2) is 0 Å². The van der Waals surface area contributed by atoms with Crippen molar-refractivity contribution in [1.82, 2.24) is 0 Å². The summed E-state index contributed by atoms with van der Waals surface area (Å²) < 4.78 is 0. The maximum absolute atomic E-state index is 4.13. The first-order valence-corrected chi connectivity index (χ1v) is 9.57. The average molecular weight is 321 g/mol. The Bertz CT molecular complexity index is 548. The molecule has 0 N–H and O–H groups in total. The highest BCUT2D eigenvalue weighted by atomic mass is 14.5. The summed E-state index contributed by atoms with van der Waals surface area (Å²) in [6.45, 7) is 16.2. The van der Waals surface area contributed by atoms with Gasteiger partial charge in [-0.25, -0.2) is 0 Å². The summed E-state index contributed by atoms with van der Waals surface area (Å²) in [5.74, 6) is 5.25. The molecule has 3 rings (SSSR count). The Morgan fingerprint density at radius 3 is 2.21 bits per heavy atom. The topological polar surface area (TPSA) is 0 Å². The quantitative estimate of drug-likeness (QED) is 0.478. The molecule has 0 nitrogen and oxygen atoms in total. The fourth-order valence-corrected chi connectivity index (χ4v) is 5.62. The number of hydrogen-bond donors (Lipinski definition) is 0. The van der Waals surface area contributed by atoms with Crippen LogP contribution in [0.4, 0.5) is 0 Å². The molecule has 2 unspecified atom stereocenters. The molecule has 0 spiro atoms. The van der Waals surface area contributed by atoms with Gasteiger partial charge in [0.25, 0.3) is 0 Å². The minimum Gasteiger partial charge on any atom is -0.103 e. The van der Waals surface area contributed by atoms with Crippen molar-refractivity contribution in [2.75, 3.05) is 0 Å². The van der Waals surface area contributed by atoms with Gasteiger partial charge in [-0.15, -0.1) is 26.3 Å². The number of rotatable bonds is 7. The van der Waals surface area contributed by atoms with E-state index in [0.717, 1.165) is 18.3 Å². The van der Waals surface area contributed by atoms with E-state index in [9.17, 15) is 0 Å². The number of fused-ring (bicyclic) bond motifs is 1. The molecule has 8 atom stereocenters. The Morgan fingerprint density at radius 2 is 1.54 bits per heavy atom. The molecule has 0 amide bonds. The van der Waals surface area contributed by atoms with Crippen LogP contribution in [0, 0.1) is 47.3 Å². The van der Waals surface area contributed by atoms with Crippen LogP contribution < -0.4 is 0 Å². The van der Waals surface area contributed by atoms with Crippen LogP contribution in [0.2, 0.25) is 0 Å². The van der Waals surface area contributed by atoms with Gasteiger partial charge in [0.1, 0.15) is 0 Å². The second-order valence-electron chi connectivity index (χ2n) is 7.89. The van der Waals surface area contributed by atoms with Crippen molar-refractivity contribution >= 4 is 0 Å². The monoisotopic (exact) mass is 320 g/mol. The zero-order chi connectivity index (χ0) is 17.1. The third-order valence-corrected chi connectivity index (χ3v) is 6.85. The first-order chi connectivity index (χ1) is 11.7. The van der Waals surface area contributed by atoms with Crippen LogP contribution in [-0.4, -0.2) is 0 Å². The SMILES string of the molecule is C=CC[C@@H]1[C@H](C=C)[C@@H](/C=C/[C@@H]2C[C@H](C=C)C3CC=CC32)C[C@H]1C=C. The van der Waals surface area contributed by atoms with Gasteiger partial charge >= 0.3 is 0 Å². The Hall–Kier alpha value is -1.56. The van der Waals surface area contributed by atoms with Crippen LogP contribution in [0.3, 0.4) is 0 Å². The van der Waals surface area contributed by atoms with Crippen molar-refractivity contribution in [3.63, 3.8) is 0 Å². The molecule has 0 aromatic carbocycles. The minimum atomic E-state index is 0.550. The van der Waals surface area contributed by atoms with Crippen molar-refractivity contribution in [1.29, 1.82) is 0 Å². The molecule has 0 aromatic rings. The van der Waals surface area contributed by atoms with Gasteiger partial charge in [0.2, 0.25) is 0 Å². The Kier molecular flexibility index (Phi) is 5.43. The molecule has 0 aromatic heterocycles. The summed E-state index contributed by atoms with van der Waals surface area (Å²) in [7, 11) is 0. The Labute approximate surface area is 148 Å². The standard InChI is InChI=1S/C24H32/c1-5-10-22-17(6-2)15-19(21(22)8-4)13-14-20-16-18(7-3)23-11-9-12-24(20)23/h5-9,12-14,17-24H,1-4,10-11,15-16H2/b14-13+/t17-,18+,19+,20-,21-,22+,23?,24?/m1/s1. The molecule has 0 heteroatoms. The smallest absolute Gasteiger partial charge is 0.0133 e. The number of hydrogen-bond acceptors (Lipinski definition) is 0. The maximum Gasteiger partial charge on any atom is -0.0133 e. The van der Waals surface area contributed by atoms with Gasteiger partial charge in [-0.3, -0.25) is 0 Å². The summed E-state index contributed by atoms with van der Waals surface area (Å²) in [6.07, 6.45) is 23.2. The molecule has 0 radical (unpaired) electrons. The van der Waals surface area contributed by atoms with Gasteiger partial charge in [-0.05, 0) is 73.0 Å². The summed E-state index contributed by atoms with van der Waals surface area (Å²) in [6, 6.07) is 0. The van der Waals surface area contributed by atoms with Crippen molar-refractivity contribution in [3.05, 3.63) is 74.9 Å². The Morgan fingerprint density at radius 1 is 0.833 bits per heavy atom. The van der Waals surface area contributed by atoms with Crippen LogP contribution in [-0.2, 0) is 0 Å². The minimum absolute atomic E-state index is 0.550. The molecule has 2 fully saturated rings. The van der Waals surface area contributed by atoms with Gasteiger partial charge in [0, 0.05) is 0 Å². The van der Waals surface area contributed by atoms with Gasteiger partial charge in [0.05, 0.1) is 0 Å². The van der Waals surface area contributed by atoms with Crippen LogP contribution in [0.15, 0.2) is 74.9 Å². The molecule has 0 aliphatic heterocycles. The van der Waals surface area contributed by atoms with E-state index < -0.39 is 0 Å². The van der Waals surface area contributed by atoms with Crippen LogP contribution in [0.25, 0.3) is 0 Å². The molecule has 24 heavy (non-hydrogen) atoms. The van der Waals surface area contributed by atoms with Crippen LogP contribution >= 0.6 is 0 Å². The molecule has 2 saturated carbocycles. The van der Waals surface area contributed by atoms with Crippen molar-refractivity contribution in [2.24, 2.45) is 47.3 Å². The summed E-state index contributed by atoms with van der Waals surface area (Å²) in [5, 5.41) is 0. The molecule has 128 valence electrons. The van der Waals surface area contributed by atoms with Crippen molar-refractivity contribution < 1.29 is 0 Å². The van der Waals surface area contributed by atoms with E-state index >= 15 is 0 Å². The Balaban J connectivity index is 1.72. The fourth-order valence-electron chi connectivity index (χ4n) is 5.62. The summed E-state index contributed by atoms with van der Waals surface area (Å²) in [5.41, 5.74) is 0. The van der Waals surface area contributed by atoms with Gasteiger partial charge in [-0.1, -0.05) is 48.6 Å². The largest absolute Gasteiger partial charge is 0.103 e. The zero-order valence-corrected chi connectivity index (χ0v) is 14.9. The van der Waals surface area contributed by atoms with E-state index in [-0.39, 0.29) is 0 Å². The molecular formula is C24H32. The molecule has 3 aliphatic rings. The van der Waals surface area contributed by atoms with E-state index in [1.165, 1.54) is 19.3 Å². The predicted molar refractivity (Wildman–Crippen MR) is 105 cm³/mol.